The minimum Gasteiger partial charge on any atom is -0.314 e. The third-order valence-electron chi connectivity index (χ3n) is 4.82. The van der Waals surface area contributed by atoms with Crippen molar-refractivity contribution in [3.63, 3.8) is 0 Å². The Hall–Kier alpha value is -0.160. The van der Waals surface area contributed by atoms with Crippen LogP contribution in [0.3, 0.4) is 0 Å². The summed E-state index contributed by atoms with van der Waals surface area (Å²) < 4.78 is 0. The van der Waals surface area contributed by atoms with Crippen molar-refractivity contribution in [1.82, 2.24) is 20.0 Å². The van der Waals surface area contributed by atoms with Gasteiger partial charge >= 0.3 is 0 Å². The van der Waals surface area contributed by atoms with E-state index in [1.807, 2.05) is 0 Å². The quantitative estimate of drug-likeness (QED) is 0.736. The third kappa shape index (κ3) is 5.32. The van der Waals surface area contributed by atoms with Gasteiger partial charge in [-0.05, 0) is 52.5 Å². The second-order valence-corrected chi connectivity index (χ2v) is 6.87. The Morgan fingerprint density at radius 2 is 1.65 bits per heavy atom. The molecular weight excluding hydrogens is 248 g/mol. The van der Waals surface area contributed by atoms with Crippen LogP contribution in [0.2, 0.25) is 0 Å². The van der Waals surface area contributed by atoms with E-state index in [-0.39, 0.29) is 0 Å². The molecule has 0 radical (unpaired) electrons. The normalized spacial score (nSPS) is 24.6. The summed E-state index contributed by atoms with van der Waals surface area (Å²) in [5, 5.41) is 3.51. The number of nitrogens with zero attached hydrogens (tertiary/aromatic N) is 3. The van der Waals surface area contributed by atoms with Gasteiger partial charge in [0.1, 0.15) is 0 Å². The first-order chi connectivity index (χ1) is 9.65. The monoisotopic (exact) mass is 282 g/mol. The van der Waals surface area contributed by atoms with E-state index in [2.05, 4.69) is 40.9 Å². The zero-order chi connectivity index (χ0) is 14.4. The predicted molar refractivity (Wildman–Crippen MR) is 86.3 cm³/mol. The van der Waals surface area contributed by atoms with Crippen LogP contribution in [0.25, 0.3) is 0 Å². The fraction of sp³-hybridized carbons (Fsp3) is 1.00. The molecule has 118 valence electrons. The SMILES string of the molecule is CC(C)NCCCN1CCN(C2CCN(C)CC2)CC1. The Bertz CT molecular complexity index is 253. The Kier molecular flexibility index (Phi) is 6.75. The molecule has 0 bridgehead atoms. The molecule has 20 heavy (non-hydrogen) atoms. The highest BCUT2D eigenvalue weighted by Gasteiger charge is 2.26. The van der Waals surface area contributed by atoms with Crippen molar-refractivity contribution in [1.29, 1.82) is 0 Å². The fourth-order valence-electron chi connectivity index (χ4n) is 3.41. The Balaban J connectivity index is 1.58. The molecule has 2 rings (SSSR count). The maximum absolute atomic E-state index is 3.51. The van der Waals surface area contributed by atoms with Crippen LogP contribution in [-0.2, 0) is 0 Å². The minimum atomic E-state index is 0.622. The van der Waals surface area contributed by atoms with Gasteiger partial charge < -0.3 is 15.1 Å². The first-order valence-corrected chi connectivity index (χ1v) is 8.53. The van der Waals surface area contributed by atoms with Crippen molar-refractivity contribution in [2.45, 2.75) is 45.2 Å². The van der Waals surface area contributed by atoms with E-state index in [9.17, 15) is 0 Å². The van der Waals surface area contributed by atoms with Crippen LogP contribution in [0.5, 0.6) is 0 Å². The third-order valence-corrected chi connectivity index (χ3v) is 4.82. The summed E-state index contributed by atoms with van der Waals surface area (Å²) in [5.41, 5.74) is 0. The Morgan fingerprint density at radius 1 is 1.00 bits per heavy atom. The molecule has 0 spiro atoms. The van der Waals surface area contributed by atoms with Gasteiger partial charge in [0.25, 0.3) is 0 Å². The first kappa shape index (κ1) is 16.2. The molecule has 0 saturated carbocycles. The maximum Gasteiger partial charge on any atom is 0.0121 e. The average molecular weight is 282 g/mol. The summed E-state index contributed by atoms with van der Waals surface area (Å²) in [7, 11) is 2.25. The molecule has 2 aliphatic rings. The van der Waals surface area contributed by atoms with Crippen LogP contribution in [0, 0.1) is 0 Å². The summed E-state index contributed by atoms with van der Waals surface area (Å²) in [6.07, 6.45) is 4.02. The molecule has 4 nitrogen and oxygen atoms in total. The van der Waals surface area contributed by atoms with E-state index < -0.39 is 0 Å². The zero-order valence-electron chi connectivity index (χ0n) is 13.8. The second-order valence-electron chi connectivity index (χ2n) is 6.87. The van der Waals surface area contributed by atoms with Crippen LogP contribution in [-0.4, -0.2) is 86.2 Å². The molecule has 4 heteroatoms. The number of piperazine rings is 1. The Labute approximate surface area is 125 Å². The summed E-state index contributed by atoms with van der Waals surface area (Å²) >= 11 is 0. The molecule has 2 saturated heterocycles. The topological polar surface area (TPSA) is 21.8 Å². The lowest BCUT2D eigenvalue weighted by Crippen LogP contribution is -2.53. The van der Waals surface area contributed by atoms with Crippen LogP contribution in [0.1, 0.15) is 33.1 Å². The van der Waals surface area contributed by atoms with Crippen molar-refractivity contribution in [3.05, 3.63) is 0 Å². The number of hydrogen-bond donors (Lipinski definition) is 1. The number of likely N-dealkylation sites (tertiary alicyclic amines) is 1. The van der Waals surface area contributed by atoms with Crippen LogP contribution in [0.4, 0.5) is 0 Å². The van der Waals surface area contributed by atoms with E-state index in [4.69, 9.17) is 0 Å². The highest BCUT2D eigenvalue weighted by Crippen LogP contribution is 2.17. The highest BCUT2D eigenvalue weighted by molar-refractivity contribution is 4.82. The summed E-state index contributed by atoms with van der Waals surface area (Å²) in [6.45, 7) is 14.5. The van der Waals surface area contributed by atoms with E-state index >= 15 is 0 Å². The molecule has 0 aliphatic carbocycles. The number of nitrogens with one attached hydrogen (secondary N) is 1. The van der Waals surface area contributed by atoms with Crippen molar-refractivity contribution in [2.75, 3.05) is 59.4 Å². The molecule has 0 aromatic heterocycles. The van der Waals surface area contributed by atoms with Crippen molar-refractivity contribution in [2.24, 2.45) is 0 Å². The standard InChI is InChI=1S/C16H34N4/c1-15(2)17-7-4-8-19-11-13-20(14-12-19)16-5-9-18(3)10-6-16/h15-17H,4-14H2,1-3H3. The van der Waals surface area contributed by atoms with Crippen LogP contribution in [0.15, 0.2) is 0 Å². The van der Waals surface area contributed by atoms with E-state index in [0.29, 0.717) is 6.04 Å². The molecule has 0 amide bonds. The van der Waals surface area contributed by atoms with Crippen LogP contribution < -0.4 is 5.32 Å². The molecule has 1 N–H and O–H groups in total. The predicted octanol–water partition coefficient (Wildman–Crippen LogP) is 1.09. The lowest BCUT2D eigenvalue weighted by Gasteiger charge is -2.42. The van der Waals surface area contributed by atoms with Crippen molar-refractivity contribution in [3.8, 4) is 0 Å². The number of rotatable bonds is 6. The van der Waals surface area contributed by atoms with Crippen molar-refractivity contribution < 1.29 is 0 Å². The molecule has 0 unspecified atom stereocenters. The van der Waals surface area contributed by atoms with Crippen LogP contribution >= 0.6 is 0 Å². The molecule has 0 aromatic carbocycles. The molecule has 0 atom stereocenters. The molecule has 0 aromatic rings. The molecule has 2 heterocycles. The molecular formula is C16H34N4. The average Bonchev–Trinajstić information content (AvgIpc) is 2.45. The van der Waals surface area contributed by atoms with E-state index in [1.165, 1.54) is 65.1 Å². The minimum absolute atomic E-state index is 0.622. The first-order valence-electron chi connectivity index (χ1n) is 8.53. The fourth-order valence-corrected chi connectivity index (χ4v) is 3.41. The second kappa shape index (κ2) is 8.32. The van der Waals surface area contributed by atoms with Gasteiger partial charge in [0, 0.05) is 38.3 Å². The molecule has 2 aliphatic heterocycles. The lowest BCUT2D eigenvalue weighted by molar-refractivity contribution is 0.0642. The summed E-state index contributed by atoms with van der Waals surface area (Å²) in [5.74, 6) is 0. The van der Waals surface area contributed by atoms with Gasteiger partial charge in [0.2, 0.25) is 0 Å². The highest BCUT2D eigenvalue weighted by atomic mass is 15.3. The van der Waals surface area contributed by atoms with Gasteiger partial charge in [0.15, 0.2) is 0 Å². The van der Waals surface area contributed by atoms with Gasteiger partial charge in [-0.15, -0.1) is 0 Å². The van der Waals surface area contributed by atoms with Crippen molar-refractivity contribution >= 4 is 0 Å². The maximum atomic E-state index is 3.51. The van der Waals surface area contributed by atoms with Gasteiger partial charge in [0.05, 0.1) is 0 Å². The number of piperidine rings is 1. The summed E-state index contributed by atoms with van der Waals surface area (Å²) in [6, 6.07) is 1.48. The van der Waals surface area contributed by atoms with Gasteiger partial charge in [-0.3, -0.25) is 4.90 Å². The van der Waals surface area contributed by atoms with Gasteiger partial charge in [-0.25, -0.2) is 0 Å². The Morgan fingerprint density at radius 3 is 2.25 bits per heavy atom. The van der Waals surface area contributed by atoms with E-state index in [0.717, 1.165) is 12.6 Å². The lowest BCUT2D eigenvalue weighted by atomic mass is 10.0. The smallest absolute Gasteiger partial charge is 0.0121 e. The molecule has 2 fully saturated rings. The van der Waals surface area contributed by atoms with Gasteiger partial charge in [-0.1, -0.05) is 13.8 Å². The van der Waals surface area contributed by atoms with Gasteiger partial charge in [-0.2, -0.15) is 0 Å². The summed E-state index contributed by atoms with van der Waals surface area (Å²) in [4.78, 5) is 7.86. The number of hydrogen-bond acceptors (Lipinski definition) is 4. The zero-order valence-corrected chi connectivity index (χ0v) is 13.8. The largest absolute Gasteiger partial charge is 0.314 e. The van der Waals surface area contributed by atoms with E-state index in [1.54, 1.807) is 0 Å².